The van der Waals surface area contributed by atoms with Crippen LogP contribution in [-0.4, -0.2) is 29.2 Å². The number of nitrogens with zero attached hydrogens (tertiary/aromatic N) is 1. The van der Waals surface area contributed by atoms with Crippen molar-refractivity contribution in [3.05, 3.63) is 40.9 Å². The van der Waals surface area contributed by atoms with Crippen LogP contribution in [0.3, 0.4) is 0 Å². The van der Waals surface area contributed by atoms with Crippen LogP contribution in [0.25, 0.3) is 21.3 Å². The van der Waals surface area contributed by atoms with Crippen LogP contribution in [0.1, 0.15) is 34.8 Å². The van der Waals surface area contributed by atoms with Gasteiger partial charge in [0.25, 0.3) is 5.91 Å². The lowest BCUT2D eigenvalue weighted by molar-refractivity contribution is 0.100. The highest BCUT2D eigenvalue weighted by Gasteiger charge is 2.22. The molecule has 3 aromatic rings. The summed E-state index contributed by atoms with van der Waals surface area (Å²) in [5.74, 6) is 0.0114. The summed E-state index contributed by atoms with van der Waals surface area (Å²) in [6, 6.07) is 8.05. The molecule has 1 saturated heterocycles. The van der Waals surface area contributed by atoms with Gasteiger partial charge in [0.05, 0.1) is 5.56 Å². The largest absolute Gasteiger partial charge is 0.366 e. The van der Waals surface area contributed by atoms with Gasteiger partial charge in [-0.05, 0) is 55.1 Å². The number of aromatic nitrogens is 2. The van der Waals surface area contributed by atoms with Gasteiger partial charge in [-0.2, -0.15) is 5.10 Å². The molecule has 1 aromatic carbocycles. The Bertz CT molecular complexity index is 853. The highest BCUT2D eigenvalue weighted by molar-refractivity contribution is 7.13. The highest BCUT2D eigenvalue weighted by atomic mass is 35.5. The molecule has 3 heterocycles. The molecule has 0 saturated carbocycles. The molecular weight excluding hydrogens is 344 g/mol. The maximum absolute atomic E-state index is 11.9. The number of fused-ring (bicyclic) bond motifs is 1. The van der Waals surface area contributed by atoms with Crippen molar-refractivity contribution in [3.8, 4) is 10.4 Å². The number of amides is 1. The van der Waals surface area contributed by atoms with Crippen LogP contribution >= 0.6 is 23.7 Å². The summed E-state index contributed by atoms with van der Waals surface area (Å²) in [4.78, 5) is 13.0. The van der Waals surface area contributed by atoms with Crippen molar-refractivity contribution < 1.29 is 4.79 Å². The normalized spacial score (nSPS) is 15.3. The van der Waals surface area contributed by atoms with E-state index in [-0.39, 0.29) is 12.4 Å². The number of halogens is 1. The van der Waals surface area contributed by atoms with Crippen LogP contribution < -0.4 is 11.1 Å². The van der Waals surface area contributed by atoms with Crippen LogP contribution in [0, 0.1) is 0 Å². The zero-order valence-corrected chi connectivity index (χ0v) is 14.7. The fraction of sp³-hybridized carbons (Fsp3) is 0.294. The summed E-state index contributed by atoms with van der Waals surface area (Å²) in [5.41, 5.74) is 8.92. The van der Waals surface area contributed by atoms with Crippen molar-refractivity contribution in [3.63, 3.8) is 0 Å². The molecule has 0 unspecified atom stereocenters. The van der Waals surface area contributed by atoms with E-state index in [0.717, 1.165) is 47.5 Å². The van der Waals surface area contributed by atoms with E-state index in [9.17, 15) is 4.79 Å². The SMILES string of the molecule is Cl.NC(=O)c1cc(-c2cccs2)cc2c(C3CCNCC3)[nH]nc12. The number of primary amides is 1. The number of nitrogens with two attached hydrogens (primary N) is 1. The fourth-order valence-electron chi connectivity index (χ4n) is 3.33. The Morgan fingerprint density at radius 3 is 2.75 bits per heavy atom. The van der Waals surface area contributed by atoms with Crippen molar-refractivity contribution in [2.45, 2.75) is 18.8 Å². The smallest absolute Gasteiger partial charge is 0.251 e. The van der Waals surface area contributed by atoms with E-state index >= 15 is 0 Å². The predicted octanol–water partition coefficient (Wildman–Crippen LogP) is 3.28. The van der Waals surface area contributed by atoms with Gasteiger partial charge in [-0.15, -0.1) is 23.7 Å². The minimum absolute atomic E-state index is 0. The number of hydrogen-bond donors (Lipinski definition) is 3. The molecule has 2 aromatic heterocycles. The van der Waals surface area contributed by atoms with Crippen LogP contribution in [0.4, 0.5) is 0 Å². The van der Waals surface area contributed by atoms with Crippen molar-refractivity contribution >= 4 is 40.6 Å². The van der Waals surface area contributed by atoms with Gasteiger partial charge in [0.15, 0.2) is 0 Å². The number of aromatic amines is 1. The number of nitrogens with one attached hydrogen (secondary N) is 2. The molecule has 0 atom stereocenters. The fourth-order valence-corrected chi connectivity index (χ4v) is 4.05. The second kappa shape index (κ2) is 6.93. The average Bonchev–Trinajstić information content (AvgIpc) is 3.24. The Morgan fingerprint density at radius 2 is 2.08 bits per heavy atom. The van der Waals surface area contributed by atoms with Gasteiger partial charge < -0.3 is 11.1 Å². The quantitative estimate of drug-likeness (QED) is 0.668. The molecule has 1 fully saturated rings. The first-order chi connectivity index (χ1) is 11.2. The molecule has 1 aliphatic heterocycles. The molecule has 1 aliphatic rings. The summed E-state index contributed by atoms with van der Waals surface area (Å²) in [5, 5.41) is 14.0. The first-order valence-electron chi connectivity index (χ1n) is 7.80. The maximum Gasteiger partial charge on any atom is 0.251 e. The van der Waals surface area contributed by atoms with Gasteiger partial charge in [0, 0.05) is 21.9 Å². The van der Waals surface area contributed by atoms with Gasteiger partial charge in [-0.1, -0.05) is 6.07 Å². The molecular formula is C17H19ClN4OS. The Balaban J connectivity index is 0.00000169. The van der Waals surface area contributed by atoms with Crippen molar-refractivity contribution in [2.75, 3.05) is 13.1 Å². The third-order valence-electron chi connectivity index (χ3n) is 4.51. The van der Waals surface area contributed by atoms with E-state index in [1.54, 1.807) is 11.3 Å². The topological polar surface area (TPSA) is 83.8 Å². The summed E-state index contributed by atoms with van der Waals surface area (Å²) in [6.45, 7) is 2.02. The number of carbonyl (C=O) groups excluding carboxylic acids is 1. The third-order valence-corrected chi connectivity index (χ3v) is 5.43. The lowest BCUT2D eigenvalue weighted by Crippen LogP contribution is -2.26. The highest BCUT2D eigenvalue weighted by Crippen LogP contribution is 2.35. The Morgan fingerprint density at radius 1 is 1.29 bits per heavy atom. The van der Waals surface area contributed by atoms with Crippen LogP contribution in [0.2, 0.25) is 0 Å². The maximum atomic E-state index is 11.9. The number of hydrogen-bond acceptors (Lipinski definition) is 4. The minimum Gasteiger partial charge on any atom is -0.366 e. The van der Waals surface area contributed by atoms with Crippen molar-refractivity contribution in [2.24, 2.45) is 5.73 Å². The molecule has 0 bridgehead atoms. The Hall–Kier alpha value is -1.89. The summed E-state index contributed by atoms with van der Waals surface area (Å²) in [6.07, 6.45) is 2.15. The molecule has 7 heteroatoms. The Kier molecular flexibility index (Phi) is 4.89. The van der Waals surface area contributed by atoms with E-state index in [0.29, 0.717) is 17.0 Å². The van der Waals surface area contributed by atoms with Crippen LogP contribution in [-0.2, 0) is 0 Å². The molecule has 4 rings (SSSR count). The second-order valence-electron chi connectivity index (χ2n) is 5.92. The first kappa shape index (κ1) is 17.0. The van der Waals surface area contributed by atoms with Gasteiger partial charge in [-0.3, -0.25) is 9.89 Å². The molecule has 0 radical (unpaired) electrons. The first-order valence-corrected chi connectivity index (χ1v) is 8.68. The van der Waals surface area contributed by atoms with Crippen molar-refractivity contribution in [1.29, 1.82) is 0 Å². The van der Waals surface area contributed by atoms with Gasteiger partial charge in [-0.25, -0.2) is 0 Å². The summed E-state index contributed by atoms with van der Waals surface area (Å²) >= 11 is 1.66. The van der Waals surface area contributed by atoms with E-state index in [4.69, 9.17) is 5.73 Å². The molecule has 0 aliphatic carbocycles. The number of benzene rings is 1. The van der Waals surface area contributed by atoms with Gasteiger partial charge in [0.1, 0.15) is 5.52 Å². The van der Waals surface area contributed by atoms with Gasteiger partial charge >= 0.3 is 0 Å². The lowest BCUT2D eigenvalue weighted by atomic mass is 9.91. The zero-order chi connectivity index (χ0) is 15.8. The molecule has 24 heavy (non-hydrogen) atoms. The van der Waals surface area contributed by atoms with Crippen LogP contribution in [0.5, 0.6) is 0 Å². The number of carbonyl (C=O) groups is 1. The molecule has 1 amide bonds. The summed E-state index contributed by atoms with van der Waals surface area (Å²) < 4.78 is 0. The number of piperidine rings is 1. The molecule has 4 N–H and O–H groups in total. The number of rotatable bonds is 3. The van der Waals surface area contributed by atoms with E-state index in [2.05, 4.69) is 27.6 Å². The standard InChI is InChI=1S/C17H18N4OS.ClH/c18-17(22)13-9-11(14-2-1-7-23-14)8-12-15(20-21-16(12)13)10-3-5-19-6-4-10;/h1-2,7-10,19H,3-6H2,(H2,18,22)(H,20,21);1H. The van der Waals surface area contributed by atoms with E-state index < -0.39 is 5.91 Å². The summed E-state index contributed by atoms with van der Waals surface area (Å²) in [7, 11) is 0. The van der Waals surface area contributed by atoms with Gasteiger partial charge in [0.2, 0.25) is 0 Å². The minimum atomic E-state index is -0.434. The predicted molar refractivity (Wildman–Crippen MR) is 100 cm³/mol. The second-order valence-corrected chi connectivity index (χ2v) is 6.87. The zero-order valence-electron chi connectivity index (χ0n) is 13.0. The Labute approximate surface area is 150 Å². The van der Waals surface area contributed by atoms with E-state index in [1.165, 1.54) is 0 Å². The lowest BCUT2D eigenvalue weighted by Gasteiger charge is -2.21. The van der Waals surface area contributed by atoms with Crippen molar-refractivity contribution in [1.82, 2.24) is 15.5 Å². The molecule has 0 spiro atoms. The van der Waals surface area contributed by atoms with Crippen LogP contribution in [0.15, 0.2) is 29.6 Å². The average molecular weight is 363 g/mol. The molecule has 5 nitrogen and oxygen atoms in total. The van der Waals surface area contributed by atoms with E-state index in [1.807, 2.05) is 17.5 Å². The monoisotopic (exact) mass is 362 g/mol. The number of thiophene rings is 1. The number of H-pyrrole nitrogens is 1. The molecule has 126 valence electrons. The third kappa shape index (κ3) is 2.92.